The molecule has 2 heterocycles. The fourth-order valence-corrected chi connectivity index (χ4v) is 1.78. The predicted octanol–water partition coefficient (Wildman–Crippen LogP) is 1.85. The van der Waals surface area contributed by atoms with Crippen molar-refractivity contribution >= 4 is 37.7 Å². The first-order valence-corrected chi connectivity index (χ1v) is 4.16. The van der Waals surface area contributed by atoms with Gasteiger partial charge in [-0.25, -0.2) is 0 Å². The van der Waals surface area contributed by atoms with Crippen LogP contribution >= 0.6 is 27.5 Å². The molecular formula is C5H2BrN3S. The topological polar surface area (TPSA) is 38.7 Å². The Balaban J connectivity index is 2.95. The van der Waals surface area contributed by atoms with Crippen molar-refractivity contribution in [2.45, 2.75) is 0 Å². The van der Waals surface area contributed by atoms with Crippen LogP contribution in [0.25, 0.3) is 10.2 Å². The van der Waals surface area contributed by atoms with Crippen molar-refractivity contribution in [2.24, 2.45) is 0 Å². The quantitative estimate of drug-likeness (QED) is 0.674. The van der Waals surface area contributed by atoms with E-state index in [4.69, 9.17) is 0 Å². The van der Waals surface area contributed by atoms with Crippen molar-refractivity contribution in [3.63, 3.8) is 0 Å². The minimum absolute atomic E-state index is 0.889. The van der Waals surface area contributed by atoms with E-state index in [1.54, 1.807) is 12.4 Å². The van der Waals surface area contributed by atoms with Gasteiger partial charge in [0.05, 0.1) is 9.17 Å². The molecule has 2 aromatic rings. The Morgan fingerprint density at radius 2 is 2.30 bits per heavy atom. The van der Waals surface area contributed by atoms with Crippen molar-refractivity contribution in [3.05, 3.63) is 16.9 Å². The first kappa shape index (κ1) is 6.18. The van der Waals surface area contributed by atoms with Crippen molar-refractivity contribution in [2.75, 3.05) is 0 Å². The van der Waals surface area contributed by atoms with Gasteiger partial charge in [-0.05, 0) is 27.5 Å². The van der Waals surface area contributed by atoms with E-state index in [1.165, 1.54) is 11.5 Å². The number of halogens is 1. The highest BCUT2D eigenvalue weighted by Crippen LogP contribution is 2.21. The zero-order valence-corrected chi connectivity index (χ0v) is 7.19. The highest BCUT2D eigenvalue weighted by Gasteiger charge is 2.00. The molecule has 0 saturated heterocycles. The summed E-state index contributed by atoms with van der Waals surface area (Å²) in [6, 6.07) is 0. The number of fused-ring (bicyclic) bond motifs is 1. The third-order valence-corrected chi connectivity index (χ3v) is 2.36. The van der Waals surface area contributed by atoms with Gasteiger partial charge in [0, 0.05) is 12.4 Å². The maximum atomic E-state index is 3.97. The lowest BCUT2D eigenvalue weighted by Crippen LogP contribution is -1.73. The lowest BCUT2D eigenvalue weighted by atomic mass is 10.5. The summed E-state index contributed by atoms with van der Waals surface area (Å²) in [5.41, 5.74) is 0.889. The van der Waals surface area contributed by atoms with Gasteiger partial charge in [-0.3, -0.25) is 4.98 Å². The molecular weight excluding hydrogens is 214 g/mol. The number of hydrogen-bond donors (Lipinski definition) is 0. The van der Waals surface area contributed by atoms with Gasteiger partial charge in [0.1, 0.15) is 5.52 Å². The van der Waals surface area contributed by atoms with E-state index in [-0.39, 0.29) is 0 Å². The van der Waals surface area contributed by atoms with Crippen molar-refractivity contribution < 1.29 is 0 Å². The molecule has 0 N–H and O–H groups in total. The molecule has 0 unspecified atom stereocenters. The molecule has 0 amide bonds. The summed E-state index contributed by atoms with van der Waals surface area (Å²) in [5.74, 6) is 0. The van der Waals surface area contributed by atoms with E-state index in [0.29, 0.717) is 0 Å². The Hall–Kier alpha value is -0.550. The number of rotatable bonds is 0. The SMILES string of the molecule is Brc1cncc2snnc12. The summed E-state index contributed by atoms with van der Waals surface area (Å²) < 4.78 is 5.69. The van der Waals surface area contributed by atoms with Crippen LogP contribution in [0.1, 0.15) is 0 Å². The van der Waals surface area contributed by atoms with Crippen LogP contribution in [0, 0.1) is 0 Å². The number of pyridine rings is 1. The van der Waals surface area contributed by atoms with Crippen LogP contribution < -0.4 is 0 Å². The molecule has 5 heteroatoms. The molecule has 0 bridgehead atoms. The second-order valence-corrected chi connectivity index (χ2v) is 3.38. The smallest absolute Gasteiger partial charge is 0.123 e. The van der Waals surface area contributed by atoms with E-state index >= 15 is 0 Å². The molecule has 0 fully saturated rings. The molecule has 3 nitrogen and oxygen atoms in total. The van der Waals surface area contributed by atoms with Crippen LogP contribution in [-0.2, 0) is 0 Å². The Labute approximate surface area is 69.4 Å². The molecule has 0 aliphatic rings. The molecule has 0 spiro atoms. The van der Waals surface area contributed by atoms with Gasteiger partial charge in [-0.15, -0.1) is 5.10 Å². The fraction of sp³-hybridized carbons (Fsp3) is 0. The van der Waals surface area contributed by atoms with Crippen molar-refractivity contribution in [1.29, 1.82) is 0 Å². The van der Waals surface area contributed by atoms with Crippen molar-refractivity contribution in [1.82, 2.24) is 14.6 Å². The molecule has 2 rings (SSSR count). The maximum absolute atomic E-state index is 3.97. The van der Waals surface area contributed by atoms with E-state index in [0.717, 1.165) is 14.7 Å². The Bertz CT molecular complexity index is 358. The zero-order valence-electron chi connectivity index (χ0n) is 4.78. The van der Waals surface area contributed by atoms with E-state index in [1.807, 2.05) is 0 Å². The van der Waals surface area contributed by atoms with Crippen LogP contribution in [0.3, 0.4) is 0 Å². The van der Waals surface area contributed by atoms with Gasteiger partial charge in [0.15, 0.2) is 0 Å². The highest BCUT2D eigenvalue weighted by atomic mass is 79.9. The molecule has 0 radical (unpaired) electrons. The molecule has 0 atom stereocenters. The third kappa shape index (κ3) is 0.819. The van der Waals surface area contributed by atoms with Crippen LogP contribution in [0.5, 0.6) is 0 Å². The molecule has 0 aliphatic heterocycles. The molecule has 0 saturated carbocycles. The minimum Gasteiger partial charge on any atom is -0.262 e. The highest BCUT2D eigenvalue weighted by molar-refractivity contribution is 9.10. The summed E-state index contributed by atoms with van der Waals surface area (Å²) in [6.45, 7) is 0. The molecule has 50 valence electrons. The molecule has 10 heavy (non-hydrogen) atoms. The summed E-state index contributed by atoms with van der Waals surface area (Å²) in [6.07, 6.45) is 3.47. The van der Waals surface area contributed by atoms with Crippen LogP contribution in [0.2, 0.25) is 0 Å². The molecule has 2 aromatic heterocycles. The van der Waals surface area contributed by atoms with E-state index in [9.17, 15) is 0 Å². The number of nitrogens with zero attached hydrogens (tertiary/aromatic N) is 3. The fourth-order valence-electron chi connectivity index (χ4n) is 0.679. The van der Waals surface area contributed by atoms with Crippen LogP contribution in [0.4, 0.5) is 0 Å². The minimum atomic E-state index is 0.889. The standard InChI is InChI=1S/C5H2BrN3S/c6-3-1-7-2-4-5(3)8-9-10-4/h1-2H. The summed E-state index contributed by atoms with van der Waals surface area (Å²) in [4.78, 5) is 3.97. The average Bonchev–Trinajstić information content (AvgIpc) is 2.36. The largest absolute Gasteiger partial charge is 0.262 e. The number of hydrogen-bond acceptors (Lipinski definition) is 4. The Morgan fingerprint density at radius 1 is 1.40 bits per heavy atom. The molecule has 0 aliphatic carbocycles. The van der Waals surface area contributed by atoms with E-state index < -0.39 is 0 Å². The lowest BCUT2D eigenvalue weighted by Gasteiger charge is -1.85. The maximum Gasteiger partial charge on any atom is 0.123 e. The Kier molecular flexibility index (Phi) is 1.39. The summed E-state index contributed by atoms with van der Waals surface area (Å²) >= 11 is 4.67. The zero-order chi connectivity index (χ0) is 6.97. The predicted molar refractivity (Wildman–Crippen MR) is 42.9 cm³/mol. The first-order chi connectivity index (χ1) is 4.88. The van der Waals surface area contributed by atoms with Gasteiger partial charge < -0.3 is 0 Å². The lowest BCUT2D eigenvalue weighted by molar-refractivity contribution is 1.19. The Morgan fingerprint density at radius 3 is 3.10 bits per heavy atom. The van der Waals surface area contributed by atoms with Crippen molar-refractivity contribution in [3.8, 4) is 0 Å². The first-order valence-electron chi connectivity index (χ1n) is 2.59. The average molecular weight is 216 g/mol. The van der Waals surface area contributed by atoms with Gasteiger partial charge in [0.2, 0.25) is 0 Å². The van der Waals surface area contributed by atoms with Gasteiger partial charge in [0.25, 0.3) is 0 Å². The molecule has 0 aromatic carbocycles. The monoisotopic (exact) mass is 215 g/mol. The second-order valence-electron chi connectivity index (χ2n) is 1.74. The normalized spacial score (nSPS) is 10.5. The van der Waals surface area contributed by atoms with Gasteiger partial charge in [-0.2, -0.15) is 0 Å². The van der Waals surface area contributed by atoms with Gasteiger partial charge in [-0.1, -0.05) is 4.49 Å². The second kappa shape index (κ2) is 2.25. The third-order valence-electron chi connectivity index (χ3n) is 1.12. The van der Waals surface area contributed by atoms with Gasteiger partial charge >= 0.3 is 0 Å². The van der Waals surface area contributed by atoms with Crippen LogP contribution in [-0.4, -0.2) is 14.6 Å². The summed E-state index contributed by atoms with van der Waals surface area (Å²) in [7, 11) is 0. The van der Waals surface area contributed by atoms with Crippen LogP contribution in [0.15, 0.2) is 16.9 Å². The number of aromatic nitrogens is 3. The van der Waals surface area contributed by atoms with E-state index in [2.05, 4.69) is 30.5 Å². The summed E-state index contributed by atoms with van der Waals surface area (Å²) in [5, 5.41) is 3.90.